The number of nitrogen functional groups attached to an aromatic ring is 1. The lowest BCUT2D eigenvalue weighted by molar-refractivity contribution is -0.0650. The first-order chi connectivity index (χ1) is 26.0. The maximum Gasteiger partial charge on any atom is 0.472 e. The molecule has 0 radical (unpaired) electrons. The largest absolute Gasteiger partial charge is 0.472 e. The van der Waals surface area contributed by atoms with Gasteiger partial charge in [-0.05, 0) is 42.3 Å². The average Bonchev–Trinajstić information content (AvgIpc) is 3.71. The number of hydrogen-bond donors (Lipinski definition) is 4. The number of nitrogens with zero attached hydrogens (tertiary/aromatic N) is 5. The number of phosphoric acid groups is 1. The summed E-state index contributed by atoms with van der Waals surface area (Å²) in [6.07, 6.45) is 10.3. The van der Waals surface area contributed by atoms with Gasteiger partial charge >= 0.3 is 7.82 Å². The van der Waals surface area contributed by atoms with Crippen LogP contribution >= 0.6 is 7.82 Å². The molecule has 2 aromatic heterocycles. The van der Waals surface area contributed by atoms with Crippen molar-refractivity contribution in [1.29, 1.82) is 10.5 Å². The third-order valence-electron chi connectivity index (χ3n) is 9.23. The van der Waals surface area contributed by atoms with Gasteiger partial charge in [-0.15, -0.1) is 5.92 Å². The minimum atomic E-state index is -4.84. The molecule has 1 unspecified atom stereocenters. The number of benzene rings is 1. The number of hydrogen-bond acceptors (Lipinski definition) is 12. The predicted octanol–water partition coefficient (Wildman–Crippen LogP) is 5.98. The van der Waals surface area contributed by atoms with Crippen molar-refractivity contribution in [2.75, 3.05) is 18.9 Å². The van der Waals surface area contributed by atoms with Crippen molar-refractivity contribution in [2.45, 2.75) is 127 Å². The topological polar surface area (TPSA) is 218 Å². The van der Waals surface area contributed by atoms with Gasteiger partial charge in [0.2, 0.25) is 5.60 Å². The Kier molecular flexibility index (Phi) is 16.8. The number of phosphoric ester groups is 1. The summed E-state index contributed by atoms with van der Waals surface area (Å²) in [7, 11) is -4.84. The molecule has 14 nitrogen and oxygen atoms in total. The quantitative estimate of drug-likeness (QED) is 0.0526. The summed E-state index contributed by atoms with van der Waals surface area (Å²) < 4.78 is 50.1. The molecule has 4 rings (SSSR count). The van der Waals surface area contributed by atoms with Crippen LogP contribution in [0.1, 0.15) is 107 Å². The van der Waals surface area contributed by atoms with Crippen molar-refractivity contribution < 1.29 is 42.6 Å². The monoisotopic (exact) mass is 768 g/mol. The molecule has 0 spiro atoms. The summed E-state index contributed by atoms with van der Waals surface area (Å²) in [5, 5.41) is 45.1. The summed E-state index contributed by atoms with van der Waals surface area (Å²) in [4.78, 5) is 14.4. The summed E-state index contributed by atoms with van der Waals surface area (Å²) in [5.74, 6) is 5.44. The van der Waals surface area contributed by atoms with Crippen LogP contribution in [0.5, 0.6) is 0 Å². The number of rotatable bonds is 22. The maximum atomic E-state index is 14.0. The normalized spacial score (nSPS) is 21.2. The summed E-state index contributed by atoms with van der Waals surface area (Å²) in [6.45, 7) is 0.801. The molecule has 1 aromatic carbocycles. The van der Waals surface area contributed by atoms with E-state index in [2.05, 4.69) is 28.8 Å². The molecular formula is C38H50FN6O8P. The maximum absolute atomic E-state index is 14.0. The molecule has 1 aliphatic rings. The molecule has 0 aliphatic carbocycles. The Morgan fingerprint density at radius 1 is 1.04 bits per heavy atom. The first kappa shape index (κ1) is 42.8. The van der Waals surface area contributed by atoms with Crippen molar-refractivity contribution in [3.05, 3.63) is 59.3 Å². The molecule has 1 aliphatic heterocycles. The average molecular weight is 769 g/mol. The SMILES string of the molecule is CCCCCCCCCCCCCCC#C[C@H](COP(=O)(O)OC[C@H]1O[C@@](C#N)(c2ccc3c(N)ncnn23)[C@H](O)[C@@H]1O)OCc1cc(F)cc(C#N)c1. The molecule has 1 saturated heterocycles. The highest BCUT2D eigenvalue weighted by Crippen LogP contribution is 2.46. The highest BCUT2D eigenvalue weighted by atomic mass is 31.2. The van der Waals surface area contributed by atoms with Gasteiger partial charge in [0.1, 0.15) is 48.1 Å². The molecule has 292 valence electrons. The van der Waals surface area contributed by atoms with E-state index in [-0.39, 0.29) is 23.7 Å². The Balaban J connectivity index is 1.30. The zero-order valence-corrected chi connectivity index (χ0v) is 31.5. The second-order valence-corrected chi connectivity index (χ2v) is 14.8. The van der Waals surface area contributed by atoms with Crippen LogP contribution in [-0.4, -0.2) is 67.3 Å². The lowest BCUT2D eigenvalue weighted by Crippen LogP contribution is -2.41. The van der Waals surface area contributed by atoms with Crippen LogP contribution in [0.25, 0.3) is 5.52 Å². The van der Waals surface area contributed by atoms with Gasteiger partial charge in [0.15, 0.2) is 5.82 Å². The van der Waals surface area contributed by atoms with E-state index in [1.54, 1.807) is 0 Å². The molecule has 16 heteroatoms. The molecule has 3 aromatic rings. The Morgan fingerprint density at radius 2 is 1.72 bits per heavy atom. The van der Waals surface area contributed by atoms with Crippen LogP contribution in [0.3, 0.4) is 0 Å². The zero-order valence-electron chi connectivity index (χ0n) is 30.6. The number of halogens is 1. The minimum absolute atomic E-state index is 0.0498. The number of ether oxygens (including phenoxy) is 2. The molecule has 0 bridgehead atoms. The van der Waals surface area contributed by atoms with Crippen molar-refractivity contribution in [2.24, 2.45) is 0 Å². The van der Waals surface area contributed by atoms with E-state index in [0.717, 1.165) is 31.7 Å². The summed E-state index contributed by atoms with van der Waals surface area (Å²) >= 11 is 0. The standard InChI is InChI=1S/C38H50FN6O8P/c1-2-3-4-5-6-7-8-9-10-11-12-13-14-15-16-31(50-23-29-19-28(22-40)20-30(39)21-29)24-51-54(48,49)52-25-33-35(46)36(47)38(26-41,53-33)34-18-17-32-37(42)43-27-44-45(32)34/h17-21,27,31,33,35-36,46-47H,2-14,23-25H2,1H3,(H,48,49)(H2,42,43,44)/t31-,33-,35-,36-,38+/m1/s1. The second-order valence-electron chi connectivity index (χ2n) is 13.4. The molecule has 6 atom stereocenters. The smallest absolute Gasteiger partial charge is 0.387 e. The van der Waals surface area contributed by atoms with Crippen molar-refractivity contribution in [3.8, 4) is 24.0 Å². The van der Waals surface area contributed by atoms with E-state index in [1.807, 2.05) is 12.1 Å². The molecule has 3 heterocycles. The van der Waals surface area contributed by atoms with Crippen LogP contribution in [-0.2, 0) is 35.3 Å². The fourth-order valence-electron chi connectivity index (χ4n) is 6.28. The number of aliphatic hydroxyl groups is 2. The lowest BCUT2D eigenvalue weighted by Gasteiger charge is -2.24. The van der Waals surface area contributed by atoms with E-state index in [1.165, 1.54) is 86.6 Å². The van der Waals surface area contributed by atoms with E-state index in [0.29, 0.717) is 17.5 Å². The van der Waals surface area contributed by atoms with Crippen molar-refractivity contribution in [3.63, 3.8) is 0 Å². The van der Waals surface area contributed by atoms with Gasteiger partial charge in [-0.25, -0.2) is 18.5 Å². The van der Waals surface area contributed by atoms with Crippen LogP contribution in [0.15, 0.2) is 36.7 Å². The number of aliphatic hydroxyl groups excluding tert-OH is 2. The first-order valence-electron chi connectivity index (χ1n) is 18.5. The van der Waals surface area contributed by atoms with E-state index < -0.39 is 56.9 Å². The Labute approximate surface area is 315 Å². The molecular weight excluding hydrogens is 718 g/mol. The second kappa shape index (κ2) is 21.2. The van der Waals surface area contributed by atoms with Gasteiger partial charge in [0.05, 0.1) is 37.1 Å². The van der Waals surface area contributed by atoms with Gasteiger partial charge in [-0.1, -0.05) is 83.5 Å². The Hall–Kier alpha value is -3.94. The van der Waals surface area contributed by atoms with Gasteiger partial charge in [0, 0.05) is 6.42 Å². The molecule has 5 N–H and O–H groups in total. The molecule has 0 saturated carbocycles. The number of aromatic nitrogens is 3. The lowest BCUT2D eigenvalue weighted by atomic mass is 9.92. The molecule has 0 amide bonds. The fourth-order valence-corrected chi connectivity index (χ4v) is 7.02. The number of nitrogens with two attached hydrogens (primary N) is 1. The van der Waals surface area contributed by atoms with Gasteiger partial charge < -0.3 is 30.3 Å². The van der Waals surface area contributed by atoms with E-state index in [4.69, 9.17) is 24.3 Å². The third kappa shape index (κ3) is 12.0. The highest BCUT2D eigenvalue weighted by molar-refractivity contribution is 7.47. The number of anilines is 1. The zero-order chi connectivity index (χ0) is 39.0. The highest BCUT2D eigenvalue weighted by Gasteiger charge is 2.58. The van der Waals surface area contributed by atoms with Crippen molar-refractivity contribution >= 4 is 19.2 Å². The summed E-state index contributed by atoms with van der Waals surface area (Å²) in [6, 6.07) is 10.5. The van der Waals surface area contributed by atoms with Gasteiger partial charge in [-0.3, -0.25) is 9.05 Å². The van der Waals surface area contributed by atoms with Crippen LogP contribution in [0, 0.1) is 40.3 Å². The Bertz CT molecular complexity index is 1850. The predicted molar refractivity (Wildman–Crippen MR) is 196 cm³/mol. The number of unbranched alkanes of at least 4 members (excludes halogenated alkanes) is 12. The van der Waals surface area contributed by atoms with Crippen LogP contribution in [0.4, 0.5) is 10.2 Å². The fraction of sp³-hybridized carbons (Fsp3) is 0.579. The molecule has 1 fully saturated rings. The molecule has 54 heavy (non-hydrogen) atoms. The van der Waals surface area contributed by atoms with Gasteiger partial charge in [-0.2, -0.15) is 15.6 Å². The van der Waals surface area contributed by atoms with E-state index >= 15 is 0 Å². The summed E-state index contributed by atoms with van der Waals surface area (Å²) in [5.41, 5.74) is 4.61. The number of fused-ring (bicyclic) bond motifs is 1. The number of nitriles is 2. The Morgan fingerprint density at radius 3 is 2.39 bits per heavy atom. The van der Waals surface area contributed by atoms with Crippen LogP contribution in [0.2, 0.25) is 0 Å². The van der Waals surface area contributed by atoms with Crippen molar-refractivity contribution in [1.82, 2.24) is 14.6 Å². The minimum Gasteiger partial charge on any atom is -0.387 e. The van der Waals surface area contributed by atoms with Crippen LogP contribution < -0.4 is 5.73 Å². The van der Waals surface area contributed by atoms with E-state index in [9.17, 15) is 34.6 Å². The first-order valence-corrected chi connectivity index (χ1v) is 20.0. The third-order valence-corrected chi connectivity index (χ3v) is 10.2. The van der Waals surface area contributed by atoms with Gasteiger partial charge in [0.25, 0.3) is 0 Å².